The molecule has 1 heterocycles. The molecule has 0 aliphatic carbocycles. The summed E-state index contributed by atoms with van der Waals surface area (Å²) in [6.07, 6.45) is 0. The van der Waals surface area contributed by atoms with E-state index in [1.54, 1.807) is 6.07 Å². The first-order valence-electron chi connectivity index (χ1n) is 8.75. The fourth-order valence-corrected chi connectivity index (χ4v) is 3.73. The van der Waals surface area contributed by atoms with Crippen LogP contribution in [0, 0.1) is 0 Å². The van der Waals surface area contributed by atoms with E-state index in [9.17, 15) is 4.79 Å². The molecule has 136 valence electrons. The van der Waals surface area contributed by atoms with Gasteiger partial charge < -0.3 is 10.2 Å². The van der Waals surface area contributed by atoms with E-state index in [1.807, 2.05) is 61.5 Å². The molecule has 0 saturated heterocycles. The molecule has 27 heavy (non-hydrogen) atoms. The van der Waals surface area contributed by atoms with Crippen molar-refractivity contribution in [1.82, 2.24) is 20.2 Å². The number of para-hydroxylation sites is 1. The number of hydrogen-bond acceptors (Lipinski definition) is 4. The van der Waals surface area contributed by atoms with Crippen molar-refractivity contribution in [3.05, 3.63) is 58.6 Å². The standard InChI is InChI=1S/C21H19BrN4O/c1-26(2)12-11-23-21(27)14-6-4-8-16-19(14)25-20-17(24-16)10-9-13-5-3-7-15(22)18(13)20/h3-10H,11-12H2,1-2H3,(H,23,27). The van der Waals surface area contributed by atoms with Crippen molar-refractivity contribution in [3.8, 4) is 0 Å². The zero-order chi connectivity index (χ0) is 19.0. The van der Waals surface area contributed by atoms with Gasteiger partial charge in [0, 0.05) is 22.9 Å². The number of hydrogen-bond donors (Lipinski definition) is 1. The quantitative estimate of drug-likeness (QED) is 0.399. The number of nitrogens with one attached hydrogen (secondary N) is 1. The average Bonchev–Trinajstić information content (AvgIpc) is 2.65. The lowest BCUT2D eigenvalue weighted by molar-refractivity contribution is 0.0952. The van der Waals surface area contributed by atoms with E-state index in [-0.39, 0.29) is 5.91 Å². The Labute approximate surface area is 165 Å². The molecule has 0 aliphatic heterocycles. The molecule has 0 fully saturated rings. The van der Waals surface area contributed by atoms with Gasteiger partial charge in [0.05, 0.1) is 22.1 Å². The van der Waals surface area contributed by atoms with Crippen molar-refractivity contribution in [1.29, 1.82) is 0 Å². The Balaban J connectivity index is 1.88. The van der Waals surface area contributed by atoms with Crippen molar-refractivity contribution >= 4 is 54.7 Å². The number of likely N-dealkylation sites (N-methyl/N-ethyl adjacent to an activating group) is 1. The van der Waals surface area contributed by atoms with Gasteiger partial charge in [-0.2, -0.15) is 0 Å². The van der Waals surface area contributed by atoms with Crippen LogP contribution in [0.15, 0.2) is 53.0 Å². The largest absolute Gasteiger partial charge is 0.351 e. The first-order chi connectivity index (χ1) is 13.0. The van der Waals surface area contributed by atoms with E-state index >= 15 is 0 Å². The van der Waals surface area contributed by atoms with Gasteiger partial charge in [0.25, 0.3) is 5.91 Å². The zero-order valence-electron chi connectivity index (χ0n) is 15.2. The lowest BCUT2D eigenvalue weighted by Gasteiger charge is -2.12. The highest BCUT2D eigenvalue weighted by Gasteiger charge is 2.14. The highest BCUT2D eigenvalue weighted by atomic mass is 79.9. The topological polar surface area (TPSA) is 58.1 Å². The van der Waals surface area contributed by atoms with Gasteiger partial charge in [-0.05, 0) is 43.7 Å². The number of fused-ring (bicyclic) bond motifs is 4. The predicted octanol–water partition coefficient (Wildman–Crippen LogP) is 3.99. The molecule has 1 N–H and O–H groups in total. The molecule has 1 amide bonds. The summed E-state index contributed by atoms with van der Waals surface area (Å²) in [6.45, 7) is 1.36. The van der Waals surface area contributed by atoms with Crippen molar-refractivity contribution in [2.45, 2.75) is 0 Å². The molecule has 4 rings (SSSR count). The number of nitrogens with zero attached hydrogens (tertiary/aromatic N) is 3. The molecule has 5 nitrogen and oxygen atoms in total. The molecule has 0 radical (unpaired) electrons. The van der Waals surface area contributed by atoms with Crippen molar-refractivity contribution in [2.24, 2.45) is 0 Å². The van der Waals surface area contributed by atoms with E-state index in [1.165, 1.54) is 0 Å². The lowest BCUT2D eigenvalue weighted by Crippen LogP contribution is -2.31. The normalized spacial score (nSPS) is 11.6. The Morgan fingerprint density at radius 3 is 2.59 bits per heavy atom. The van der Waals surface area contributed by atoms with Gasteiger partial charge in [-0.1, -0.05) is 40.2 Å². The van der Waals surface area contributed by atoms with Crippen LogP contribution in [0.3, 0.4) is 0 Å². The lowest BCUT2D eigenvalue weighted by atomic mass is 10.1. The van der Waals surface area contributed by atoms with Crippen molar-refractivity contribution < 1.29 is 4.79 Å². The fraction of sp³-hybridized carbons (Fsp3) is 0.190. The Morgan fingerprint density at radius 2 is 1.78 bits per heavy atom. The van der Waals surface area contributed by atoms with Crippen LogP contribution in [0.5, 0.6) is 0 Å². The van der Waals surface area contributed by atoms with E-state index in [4.69, 9.17) is 9.97 Å². The van der Waals surface area contributed by atoms with Crippen LogP contribution in [-0.4, -0.2) is 48.0 Å². The number of halogens is 1. The third-order valence-corrected chi connectivity index (χ3v) is 5.18. The second-order valence-corrected chi connectivity index (χ2v) is 7.58. The second kappa shape index (κ2) is 7.21. The SMILES string of the molecule is CN(C)CCNC(=O)c1cccc2nc3ccc4cccc(Br)c4c3nc12. The Kier molecular flexibility index (Phi) is 4.76. The van der Waals surface area contributed by atoms with Gasteiger partial charge in [0.1, 0.15) is 5.52 Å². The number of amides is 1. The van der Waals surface area contributed by atoms with Crippen LogP contribution < -0.4 is 5.32 Å². The molecular formula is C21H19BrN4O. The minimum absolute atomic E-state index is 0.129. The minimum atomic E-state index is -0.129. The van der Waals surface area contributed by atoms with Gasteiger partial charge in [-0.15, -0.1) is 0 Å². The molecule has 0 unspecified atom stereocenters. The van der Waals surface area contributed by atoms with Crippen LogP contribution in [0.2, 0.25) is 0 Å². The summed E-state index contributed by atoms with van der Waals surface area (Å²) in [5.74, 6) is -0.129. The second-order valence-electron chi connectivity index (χ2n) is 6.73. The minimum Gasteiger partial charge on any atom is -0.351 e. The number of rotatable bonds is 4. The predicted molar refractivity (Wildman–Crippen MR) is 113 cm³/mol. The molecule has 0 aliphatic rings. The first-order valence-corrected chi connectivity index (χ1v) is 9.54. The monoisotopic (exact) mass is 422 g/mol. The molecule has 0 spiro atoms. The van der Waals surface area contributed by atoms with E-state index in [2.05, 4.69) is 21.2 Å². The van der Waals surface area contributed by atoms with Gasteiger partial charge in [0.2, 0.25) is 0 Å². The molecule has 3 aromatic carbocycles. The van der Waals surface area contributed by atoms with Crippen LogP contribution in [0.25, 0.3) is 32.8 Å². The highest BCUT2D eigenvalue weighted by Crippen LogP contribution is 2.31. The van der Waals surface area contributed by atoms with Gasteiger partial charge in [-0.25, -0.2) is 9.97 Å². The van der Waals surface area contributed by atoms with E-state index in [0.29, 0.717) is 23.1 Å². The number of carbonyl (C=O) groups is 1. The summed E-state index contributed by atoms with van der Waals surface area (Å²) >= 11 is 3.63. The van der Waals surface area contributed by atoms with Crippen LogP contribution in [0.1, 0.15) is 10.4 Å². The van der Waals surface area contributed by atoms with Gasteiger partial charge in [0.15, 0.2) is 0 Å². The van der Waals surface area contributed by atoms with Crippen molar-refractivity contribution in [2.75, 3.05) is 27.2 Å². The number of benzene rings is 3. The molecule has 6 heteroatoms. The first kappa shape index (κ1) is 17.8. The van der Waals surface area contributed by atoms with E-state index in [0.717, 1.165) is 32.8 Å². The molecular weight excluding hydrogens is 404 g/mol. The van der Waals surface area contributed by atoms with Crippen LogP contribution >= 0.6 is 15.9 Å². The summed E-state index contributed by atoms with van der Waals surface area (Å²) in [6, 6.07) is 15.6. The summed E-state index contributed by atoms with van der Waals surface area (Å²) in [5, 5.41) is 5.05. The molecule has 0 atom stereocenters. The van der Waals surface area contributed by atoms with E-state index < -0.39 is 0 Å². The third kappa shape index (κ3) is 3.38. The molecule has 4 aromatic rings. The van der Waals surface area contributed by atoms with Gasteiger partial charge >= 0.3 is 0 Å². The van der Waals surface area contributed by atoms with Gasteiger partial charge in [-0.3, -0.25) is 4.79 Å². The summed E-state index contributed by atoms with van der Waals surface area (Å²) in [7, 11) is 3.95. The summed E-state index contributed by atoms with van der Waals surface area (Å²) in [5.41, 5.74) is 3.49. The maximum Gasteiger partial charge on any atom is 0.253 e. The maximum atomic E-state index is 12.7. The third-order valence-electron chi connectivity index (χ3n) is 4.51. The van der Waals surface area contributed by atoms with Crippen molar-refractivity contribution in [3.63, 3.8) is 0 Å². The highest BCUT2D eigenvalue weighted by molar-refractivity contribution is 9.10. The fourth-order valence-electron chi connectivity index (χ4n) is 3.16. The smallest absolute Gasteiger partial charge is 0.253 e. The average molecular weight is 423 g/mol. The summed E-state index contributed by atoms with van der Waals surface area (Å²) in [4.78, 5) is 24.3. The summed E-state index contributed by atoms with van der Waals surface area (Å²) < 4.78 is 0.965. The number of aromatic nitrogens is 2. The molecule has 0 bridgehead atoms. The zero-order valence-corrected chi connectivity index (χ0v) is 16.7. The van der Waals surface area contributed by atoms with Crippen LogP contribution in [0.4, 0.5) is 0 Å². The molecule has 0 saturated carbocycles. The Bertz CT molecular complexity index is 1170. The van der Waals surface area contributed by atoms with Crippen LogP contribution in [-0.2, 0) is 0 Å². The maximum absolute atomic E-state index is 12.7. The Morgan fingerprint density at radius 1 is 1.00 bits per heavy atom. The Hall–Kier alpha value is -2.57. The number of carbonyl (C=O) groups excluding carboxylic acids is 1. The molecule has 1 aromatic heterocycles.